The zero-order chi connectivity index (χ0) is 10.4. The largest absolute Gasteiger partial charge is 0.352 e. The molecule has 0 saturated heterocycles. The number of benzene rings is 1. The van der Waals surface area contributed by atoms with E-state index in [1.54, 1.807) is 14.2 Å². The van der Waals surface area contributed by atoms with Gasteiger partial charge in [0.15, 0.2) is 6.29 Å². The van der Waals surface area contributed by atoms with Crippen LogP contribution in [0.1, 0.15) is 17.4 Å². The standard InChI is InChI=1S/C10H15NO3/c1-13-10(14-2)9-5-3-4-8(6-9)7-11-12/h3-6,10-12H,7H2,1-2H3. The molecular weight excluding hydrogens is 182 g/mol. The van der Waals surface area contributed by atoms with E-state index in [1.165, 1.54) is 0 Å². The molecule has 0 saturated carbocycles. The zero-order valence-electron chi connectivity index (χ0n) is 8.36. The van der Waals surface area contributed by atoms with Crippen LogP contribution in [-0.2, 0) is 16.0 Å². The van der Waals surface area contributed by atoms with Crippen LogP contribution in [0.5, 0.6) is 0 Å². The van der Waals surface area contributed by atoms with E-state index in [9.17, 15) is 0 Å². The second-order valence-electron chi connectivity index (χ2n) is 2.88. The quantitative estimate of drug-likeness (QED) is 0.554. The molecule has 0 unspecified atom stereocenters. The lowest BCUT2D eigenvalue weighted by atomic mass is 10.1. The Morgan fingerprint density at radius 1 is 1.36 bits per heavy atom. The summed E-state index contributed by atoms with van der Waals surface area (Å²) in [5.74, 6) is 0. The molecule has 14 heavy (non-hydrogen) atoms. The minimum Gasteiger partial charge on any atom is -0.352 e. The topological polar surface area (TPSA) is 50.7 Å². The number of ether oxygens (including phenoxy) is 2. The van der Waals surface area contributed by atoms with Gasteiger partial charge in [-0.25, -0.2) is 5.48 Å². The van der Waals surface area contributed by atoms with Crippen LogP contribution >= 0.6 is 0 Å². The normalized spacial score (nSPS) is 10.9. The third-order valence-electron chi connectivity index (χ3n) is 1.93. The van der Waals surface area contributed by atoms with E-state index in [2.05, 4.69) is 5.48 Å². The Morgan fingerprint density at radius 3 is 2.64 bits per heavy atom. The lowest BCUT2D eigenvalue weighted by molar-refractivity contribution is -0.106. The predicted molar refractivity (Wildman–Crippen MR) is 51.8 cm³/mol. The van der Waals surface area contributed by atoms with E-state index in [1.807, 2.05) is 24.3 Å². The highest BCUT2D eigenvalue weighted by Gasteiger charge is 2.08. The molecule has 0 aliphatic carbocycles. The SMILES string of the molecule is COC(OC)c1cccc(CNO)c1. The van der Waals surface area contributed by atoms with Gasteiger partial charge in [0.2, 0.25) is 0 Å². The molecule has 0 aromatic heterocycles. The molecule has 0 radical (unpaired) electrons. The van der Waals surface area contributed by atoms with Crippen molar-refractivity contribution in [3.63, 3.8) is 0 Å². The van der Waals surface area contributed by atoms with Crippen LogP contribution < -0.4 is 5.48 Å². The molecule has 0 bridgehead atoms. The summed E-state index contributed by atoms with van der Waals surface area (Å²) in [6.45, 7) is 0.411. The van der Waals surface area contributed by atoms with Crippen LogP contribution in [0.4, 0.5) is 0 Å². The first-order valence-corrected chi connectivity index (χ1v) is 4.33. The maximum Gasteiger partial charge on any atom is 0.183 e. The lowest BCUT2D eigenvalue weighted by Gasteiger charge is -2.14. The Bertz CT molecular complexity index is 274. The summed E-state index contributed by atoms with van der Waals surface area (Å²) in [7, 11) is 3.18. The van der Waals surface area contributed by atoms with Crippen LogP contribution in [0, 0.1) is 0 Å². The second kappa shape index (κ2) is 5.72. The molecule has 1 aromatic rings. The van der Waals surface area contributed by atoms with Gasteiger partial charge < -0.3 is 14.7 Å². The minimum atomic E-state index is -0.353. The average molecular weight is 197 g/mol. The molecule has 1 aromatic carbocycles. The first-order valence-electron chi connectivity index (χ1n) is 4.33. The fourth-order valence-corrected chi connectivity index (χ4v) is 1.31. The molecule has 1 rings (SSSR count). The van der Waals surface area contributed by atoms with Crippen molar-refractivity contribution in [1.29, 1.82) is 0 Å². The van der Waals surface area contributed by atoms with Crippen molar-refractivity contribution >= 4 is 0 Å². The number of hydroxylamine groups is 1. The number of hydrogen-bond acceptors (Lipinski definition) is 4. The van der Waals surface area contributed by atoms with Crippen LogP contribution in [0.25, 0.3) is 0 Å². The maximum absolute atomic E-state index is 8.55. The number of nitrogens with one attached hydrogen (secondary N) is 1. The van der Waals surface area contributed by atoms with Gasteiger partial charge in [-0.1, -0.05) is 18.2 Å². The van der Waals surface area contributed by atoms with Gasteiger partial charge in [0.1, 0.15) is 0 Å². The number of methoxy groups -OCH3 is 2. The van der Waals surface area contributed by atoms with E-state index in [4.69, 9.17) is 14.7 Å². The number of rotatable bonds is 5. The summed E-state index contributed by atoms with van der Waals surface area (Å²) in [6.07, 6.45) is -0.353. The second-order valence-corrected chi connectivity index (χ2v) is 2.88. The molecule has 4 nitrogen and oxygen atoms in total. The third-order valence-corrected chi connectivity index (χ3v) is 1.93. The molecule has 0 aliphatic rings. The molecule has 4 heteroatoms. The molecule has 0 heterocycles. The Kier molecular flexibility index (Phi) is 4.55. The van der Waals surface area contributed by atoms with Crippen molar-refractivity contribution < 1.29 is 14.7 Å². The van der Waals surface area contributed by atoms with Crippen molar-refractivity contribution in [3.05, 3.63) is 35.4 Å². The van der Waals surface area contributed by atoms with Crippen molar-refractivity contribution in [3.8, 4) is 0 Å². The van der Waals surface area contributed by atoms with Crippen LogP contribution in [0.3, 0.4) is 0 Å². The van der Waals surface area contributed by atoms with Crippen molar-refractivity contribution in [2.75, 3.05) is 14.2 Å². The summed E-state index contributed by atoms with van der Waals surface area (Å²) in [4.78, 5) is 0. The maximum atomic E-state index is 8.55. The highest BCUT2D eigenvalue weighted by atomic mass is 16.7. The van der Waals surface area contributed by atoms with E-state index < -0.39 is 0 Å². The Hall–Kier alpha value is -0.940. The van der Waals surface area contributed by atoms with Crippen LogP contribution in [0.15, 0.2) is 24.3 Å². The molecule has 0 atom stereocenters. The fraction of sp³-hybridized carbons (Fsp3) is 0.400. The van der Waals surface area contributed by atoms with Crippen molar-refractivity contribution in [2.45, 2.75) is 12.8 Å². The Balaban J connectivity index is 2.81. The van der Waals surface area contributed by atoms with Crippen LogP contribution in [-0.4, -0.2) is 19.4 Å². The fourth-order valence-electron chi connectivity index (χ4n) is 1.31. The van der Waals surface area contributed by atoms with Crippen molar-refractivity contribution in [2.24, 2.45) is 0 Å². The summed E-state index contributed by atoms with van der Waals surface area (Å²) < 4.78 is 10.2. The Morgan fingerprint density at radius 2 is 2.07 bits per heavy atom. The lowest BCUT2D eigenvalue weighted by Crippen LogP contribution is -2.08. The minimum absolute atomic E-state index is 0.353. The summed E-state index contributed by atoms with van der Waals surface area (Å²) in [5, 5.41) is 8.55. The van der Waals surface area contributed by atoms with Crippen LogP contribution in [0.2, 0.25) is 0 Å². The van der Waals surface area contributed by atoms with E-state index >= 15 is 0 Å². The van der Waals surface area contributed by atoms with E-state index in [0.717, 1.165) is 11.1 Å². The molecule has 0 spiro atoms. The van der Waals surface area contributed by atoms with Gasteiger partial charge in [0.25, 0.3) is 0 Å². The molecule has 78 valence electrons. The van der Waals surface area contributed by atoms with Gasteiger partial charge >= 0.3 is 0 Å². The summed E-state index contributed by atoms with van der Waals surface area (Å²) in [6, 6.07) is 7.64. The van der Waals surface area contributed by atoms with Gasteiger partial charge in [0.05, 0.1) is 0 Å². The van der Waals surface area contributed by atoms with Crippen molar-refractivity contribution in [1.82, 2.24) is 5.48 Å². The summed E-state index contributed by atoms with van der Waals surface area (Å²) in [5.41, 5.74) is 4.01. The predicted octanol–water partition coefficient (Wildman–Crippen LogP) is 1.46. The van der Waals surface area contributed by atoms with Gasteiger partial charge in [-0.2, -0.15) is 0 Å². The third kappa shape index (κ3) is 2.78. The highest BCUT2D eigenvalue weighted by Crippen LogP contribution is 2.18. The smallest absolute Gasteiger partial charge is 0.183 e. The molecule has 0 amide bonds. The van der Waals surface area contributed by atoms with Gasteiger partial charge in [-0.05, 0) is 11.6 Å². The molecule has 0 fully saturated rings. The average Bonchev–Trinajstić information content (AvgIpc) is 2.21. The van der Waals surface area contributed by atoms with Gasteiger partial charge in [-0.3, -0.25) is 0 Å². The number of hydrogen-bond donors (Lipinski definition) is 2. The van der Waals surface area contributed by atoms with E-state index in [0.29, 0.717) is 6.54 Å². The van der Waals surface area contributed by atoms with E-state index in [-0.39, 0.29) is 6.29 Å². The first kappa shape index (κ1) is 11.1. The summed E-state index contributed by atoms with van der Waals surface area (Å²) >= 11 is 0. The Labute approximate surface area is 83.4 Å². The highest BCUT2D eigenvalue weighted by molar-refractivity contribution is 5.24. The molecule has 0 aliphatic heterocycles. The van der Waals surface area contributed by atoms with Gasteiger partial charge in [0, 0.05) is 26.3 Å². The van der Waals surface area contributed by atoms with Gasteiger partial charge in [-0.15, -0.1) is 0 Å². The monoisotopic (exact) mass is 197 g/mol. The molecule has 2 N–H and O–H groups in total. The molecular formula is C10H15NO3. The zero-order valence-corrected chi connectivity index (χ0v) is 8.36. The first-order chi connectivity index (χ1) is 6.81.